The molecule has 2 aromatic carbocycles. The zero-order valence-electron chi connectivity index (χ0n) is 17.0. The number of nitrogens with one attached hydrogen (secondary N) is 2. The molecule has 6 heteroatoms. The fraction of sp³-hybridized carbons (Fsp3) is 0.364. The first-order chi connectivity index (χ1) is 13.0. The number of nitriles is 1. The van der Waals surface area contributed by atoms with Crippen molar-refractivity contribution in [3.8, 4) is 11.8 Å². The summed E-state index contributed by atoms with van der Waals surface area (Å²) in [7, 11) is 0. The molecule has 0 radical (unpaired) electrons. The third-order valence-electron chi connectivity index (χ3n) is 3.85. The average molecular weight is 492 g/mol. The van der Waals surface area contributed by atoms with Gasteiger partial charge >= 0.3 is 0 Å². The minimum absolute atomic E-state index is 0. The lowest BCUT2D eigenvalue weighted by atomic mass is 10.1. The monoisotopic (exact) mass is 492 g/mol. The van der Waals surface area contributed by atoms with Crippen LogP contribution in [0.25, 0.3) is 0 Å². The van der Waals surface area contributed by atoms with Crippen LogP contribution in [0.3, 0.4) is 0 Å². The van der Waals surface area contributed by atoms with Crippen molar-refractivity contribution in [2.24, 2.45) is 4.99 Å². The Labute approximate surface area is 185 Å². The topological polar surface area (TPSA) is 69.4 Å². The minimum Gasteiger partial charge on any atom is -0.491 e. The molecular weight excluding hydrogens is 463 g/mol. The molecule has 28 heavy (non-hydrogen) atoms. The number of aryl methyl sites for hydroxylation is 1. The average Bonchev–Trinajstić information content (AvgIpc) is 2.65. The molecule has 0 saturated carbocycles. The van der Waals surface area contributed by atoms with Crippen molar-refractivity contribution in [2.75, 3.05) is 6.54 Å². The largest absolute Gasteiger partial charge is 0.491 e. The minimum atomic E-state index is 0. The van der Waals surface area contributed by atoms with Crippen LogP contribution in [-0.4, -0.2) is 18.6 Å². The highest BCUT2D eigenvalue weighted by Gasteiger charge is 2.07. The van der Waals surface area contributed by atoms with Crippen molar-refractivity contribution < 1.29 is 4.74 Å². The fourth-order valence-corrected chi connectivity index (χ4v) is 2.60. The SMILES string of the molecule is CCNC(=NCc1cccc(C#N)c1)NCc1ccc(C)cc1OC(C)C.I. The van der Waals surface area contributed by atoms with Crippen molar-refractivity contribution in [1.82, 2.24) is 10.6 Å². The molecule has 2 aromatic rings. The molecule has 0 saturated heterocycles. The summed E-state index contributed by atoms with van der Waals surface area (Å²) >= 11 is 0. The number of hydrogen-bond acceptors (Lipinski definition) is 3. The Bertz CT molecular complexity index is 828. The number of halogens is 1. The van der Waals surface area contributed by atoms with Gasteiger partial charge in [0.2, 0.25) is 0 Å². The van der Waals surface area contributed by atoms with Gasteiger partial charge in [-0.1, -0.05) is 24.3 Å². The standard InChI is InChI=1S/C22H28N4O.HI/c1-5-24-22(25-14-19-8-6-7-18(12-19)13-23)26-15-20-10-9-17(4)11-21(20)27-16(2)3;/h6-12,16H,5,14-15H2,1-4H3,(H2,24,25,26);1H. The molecule has 5 nitrogen and oxygen atoms in total. The van der Waals surface area contributed by atoms with Crippen LogP contribution in [0, 0.1) is 18.3 Å². The highest BCUT2D eigenvalue weighted by atomic mass is 127. The molecule has 0 amide bonds. The molecule has 0 spiro atoms. The van der Waals surface area contributed by atoms with Gasteiger partial charge in [-0.3, -0.25) is 0 Å². The van der Waals surface area contributed by atoms with Crippen molar-refractivity contribution in [1.29, 1.82) is 5.26 Å². The molecular formula is C22H29IN4O. The van der Waals surface area contributed by atoms with Gasteiger partial charge < -0.3 is 15.4 Å². The van der Waals surface area contributed by atoms with E-state index in [1.165, 1.54) is 5.56 Å². The Morgan fingerprint density at radius 3 is 2.64 bits per heavy atom. The van der Waals surface area contributed by atoms with E-state index in [4.69, 9.17) is 10.00 Å². The molecule has 0 aliphatic heterocycles. The van der Waals surface area contributed by atoms with Crippen molar-refractivity contribution in [2.45, 2.75) is 46.9 Å². The Hall–Kier alpha value is -2.27. The molecule has 0 aliphatic rings. The van der Waals surface area contributed by atoms with E-state index >= 15 is 0 Å². The summed E-state index contributed by atoms with van der Waals surface area (Å²) in [5.41, 5.74) is 3.92. The second-order valence-electron chi connectivity index (χ2n) is 6.64. The Morgan fingerprint density at radius 2 is 1.96 bits per heavy atom. The summed E-state index contributed by atoms with van der Waals surface area (Å²) in [6, 6.07) is 15.9. The summed E-state index contributed by atoms with van der Waals surface area (Å²) in [5, 5.41) is 15.6. The number of guanidine groups is 1. The van der Waals surface area contributed by atoms with Gasteiger partial charge in [-0.15, -0.1) is 24.0 Å². The number of rotatable bonds is 7. The molecule has 150 valence electrons. The highest BCUT2D eigenvalue weighted by Crippen LogP contribution is 2.21. The van der Waals surface area contributed by atoms with Gasteiger partial charge in [0.25, 0.3) is 0 Å². The van der Waals surface area contributed by atoms with Gasteiger partial charge in [0.1, 0.15) is 5.75 Å². The summed E-state index contributed by atoms with van der Waals surface area (Å²) in [4.78, 5) is 4.63. The smallest absolute Gasteiger partial charge is 0.191 e. The van der Waals surface area contributed by atoms with E-state index in [0.29, 0.717) is 18.7 Å². The molecule has 0 heterocycles. The van der Waals surface area contributed by atoms with Crippen molar-refractivity contribution in [3.63, 3.8) is 0 Å². The molecule has 2 rings (SSSR count). The first-order valence-corrected chi connectivity index (χ1v) is 9.29. The lowest BCUT2D eigenvalue weighted by molar-refractivity contribution is 0.239. The Morgan fingerprint density at radius 1 is 1.18 bits per heavy atom. The molecule has 0 unspecified atom stereocenters. The van der Waals surface area contributed by atoms with Gasteiger partial charge in [0.05, 0.1) is 24.3 Å². The van der Waals surface area contributed by atoms with Gasteiger partial charge in [-0.05, 0) is 57.0 Å². The summed E-state index contributed by atoms with van der Waals surface area (Å²) < 4.78 is 5.94. The van der Waals surface area contributed by atoms with E-state index in [1.807, 2.05) is 39.0 Å². The van der Waals surface area contributed by atoms with Crippen LogP contribution in [0.1, 0.15) is 43.0 Å². The second-order valence-corrected chi connectivity index (χ2v) is 6.64. The second kappa shape index (κ2) is 12.2. The summed E-state index contributed by atoms with van der Waals surface area (Å²) in [6.07, 6.45) is 0.125. The molecule has 0 aromatic heterocycles. The first kappa shape index (κ1) is 23.8. The van der Waals surface area contributed by atoms with Gasteiger partial charge in [0, 0.05) is 18.7 Å². The third-order valence-corrected chi connectivity index (χ3v) is 3.85. The van der Waals surface area contributed by atoms with E-state index < -0.39 is 0 Å². The van der Waals surface area contributed by atoms with Crippen LogP contribution < -0.4 is 15.4 Å². The van der Waals surface area contributed by atoms with Gasteiger partial charge in [-0.25, -0.2) is 4.99 Å². The molecule has 0 bridgehead atoms. The van der Waals surface area contributed by atoms with E-state index in [-0.39, 0.29) is 30.1 Å². The highest BCUT2D eigenvalue weighted by molar-refractivity contribution is 14.0. The number of benzene rings is 2. The van der Waals surface area contributed by atoms with Crippen LogP contribution in [0.2, 0.25) is 0 Å². The van der Waals surface area contributed by atoms with Gasteiger partial charge in [0.15, 0.2) is 5.96 Å². The predicted octanol–water partition coefficient (Wildman–Crippen LogP) is 4.53. The summed E-state index contributed by atoms with van der Waals surface area (Å²) in [6.45, 7) is 10.0. The maximum Gasteiger partial charge on any atom is 0.191 e. The molecule has 2 N–H and O–H groups in total. The lowest BCUT2D eigenvalue weighted by Gasteiger charge is -2.17. The van der Waals surface area contributed by atoms with Crippen LogP contribution in [0.5, 0.6) is 5.75 Å². The number of ether oxygens (including phenoxy) is 1. The van der Waals surface area contributed by atoms with Gasteiger partial charge in [-0.2, -0.15) is 5.26 Å². The van der Waals surface area contributed by atoms with Crippen molar-refractivity contribution >= 4 is 29.9 Å². The number of hydrogen-bond donors (Lipinski definition) is 2. The molecule has 0 fully saturated rings. The first-order valence-electron chi connectivity index (χ1n) is 9.29. The zero-order valence-corrected chi connectivity index (χ0v) is 19.3. The molecule has 0 atom stereocenters. The maximum absolute atomic E-state index is 9.02. The summed E-state index contributed by atoms with van der Waals surface area (Å²) in [5.74, 6) is 1.63. The van der Waals surface area contributed by atoms with E-state index in [0.717, 1.165) is 29.4 Å². The zero-order chi connectivity index (χ0) is 19.6. The van der Waals surface area contributed by atoms with E-state index in [2.05, 4.69) is 46.8 Å². The van der Waals surface area contributed by atoms with E-state index in [1.54, 1.807) is 6.07 Å². The normalized spacial score (nSPS) is 10.8. The van der Waals surface area contributed by atoms with Crippen molar-refractivity contribution in [3.05, 3.63) is 64.7 Å². The third kappa shape index (κ3) is 7.77. The Balaban J connectivity index is 0.00000392. The predicted molar refractivity (Wildman–Crippen MR) is 125 cm³/mol. The van der Waals surface area contributed by atoms with Crippen LogP contribution in [-0.2, 0) is 13.1 Å². The Kier molecular flexibility index (Phi) is 10.4. The number of aliphatic imine (C=N–C) groups is 1. The molecule has 0 aliphatic carbocycles. The lowest BCUT2D eigenvalue weighted by Crippen LogP contribution is -2.36. The maximum atomic E-state index is 9.02. The van der Waals surface area contributed by atoms with Crippen LogP contribution in [0.15, 0.2) is 47.5 Å². The fourth-order valence-electron chi connectivity index (χ4n) is 2.60. The quantitative estimate of drug-likeness (QED) is 0.339. The number of nitrogens with zero attached hydrogens (tertiary/aromatic N) is 2. The van der Waals surface area contributed by atoms with Crippen LogP contribution >= 0.6 is 24.0 Å². The van der Waals surface area contributed by atoms with E-state index in [9.17, 15) is 0 Å². The van der Waals surface area contributed by atoms with Crippen LogP contribution in [0.4, 0.5) is 0 Å².